The number of aromatic amines is 1. The Kier molecular flexibility index (Phi) is 3.14. The Labute approximate surface area is 91.9 Å². The highest BCUT2D eigenvalue weighted by Crippen LogP contribution is 2.08. The third kappa shape index (κ3) is 2.92. The molecule has 0 saturated heterocycles. The molecule has 2 rings (SSSR count). The second-order valence-electron chi connectivity index (χ2n) is 2.95. The van der Waals surface area contributed by atoms with Crippen molar-refractivity contribution in [2.75, 3.05) is 11.9 Å². The van der Waals surface area contributed by atoms with Crippen LogP contribution in [-0.4, -0.2) is 26.7 Å². The van der Waals surface area contributed by atoms with Gasteiger partial charge in [0.1, 0.15) is 23.1 Å². The van der Waals surface area contributed by atoms with E-state index < -0.39 is 0 Å². The van der Waals surface area contributed by atoms with Crippen LogP contribution in [0.15, 0.2) is 24.5 Å². The van der Waals surface area contributed by atoms with Gasteiger partial charge in [0.2, 0.25) is 0 Å². The van der Waals surface area contributed by atoms with Gasteiger partial charge >= 0.3 is 0 Å². The molecule has 0 fully saturated rings. The zero-order valence-electron chi connectivity index (χ0n) is 7.94. The van der Waals surface area contributed by atoms with E-state index in [1.165, 1.54) is 6.33 Å². The standard InChI is InChI=1S/C9H10ClN5/c10-7-2-1-3-8(14-7)11-5-4-9-12-6-13-15-9/h1-3,6H,4-5H2,(H,11,14)(H,12,13,15). The summed E-state index contributed by atoms with van der Waals surface area (Å²) in [6.45, 7) is 0.739. The zero-order valence-corrected chi connectivity index (χ0v) is 8.70. The molecule has 0 radical (unpaired) electrons. The topological polar surface area (TPSA) is 66.5 Å². The number of pyridine rings is 1. The number of halogens is 1. The van der Waals surface area contributed by atoms with E-state index in [0.717, 1.165) is 24.6 Å². The van der Waals surface area contributed by atoms with E-state index in [1.54, 1.807) is 6.07 Å². The van der Waals surface area contributed by atoms with Crippen molar-refractivity contribution in [3.05, 3.63) is 35.5 Å². The SMILES string of the molecule is Clc1cccc(NCCc2ncn[nH]2)n1. The minimum absolute atomic E-state index is 0.486. The summed E-state index contributed by atoms with van der Waals surface area (Å²) >= 11 is 5.74. The lowest BCUT2D eigenvalue weighted by atomic mass is 10.4. The number of nitrogens with zero attached hydrogens (tertiary/aromatic N) is 3. The van der Waals surface area contributed by atoms with Gasteiger partial charge in [0.15, 0.2) is 0 Å². The molecule has 0 aliphatic rings. The molecule has 0 amide bonds. The molecule has 2 aromatic rings. The van der Waals surface area contributed by atoms with Crippen LogP contribution in [0.2, 0.25) is 5.15 Å². The van der Waals surface area contributed by atoms with Gasteiger partial charge in [-0.25, -0.2) is 9.97 Å². The number of H-pyrrole nitrogens is 1. The second-order valence-corrected chi connectivity index (χ2v) is 3.34. The van der Waals surface area contributed by atoms with Gasteiger partial charge in [-0.3, -0.25) is 5.10 Å². The summed E-state index contributed by atoms with van der Waals surface area (Å²) in [6, 6.07) is 5.46. The van der Waals surface area contributed by atoms with Crippen molar-refractivity contribution in [2.45, 2.75) is 6.42 Å². The van der Waals surface area contributed by atoms with Crippen molar-refractivity contribution in [1.29, 1.82) is 0 Å². The molecule has 0 aromatic carbocycles. The molecule has 2 aromatic heterocycles. The number of aromatic nitrogens is 4. The van der Waals surface area contributed by atoms with Gasteiger partial charge in [-0.1, -0.05) is 17.7 Å². The molecule has 78 valence electrons. The Morgan fingerprint density at radius 2 is 2.33 bits per heavy atom. The van der Waals surface area contributed by atoms with Crippen molar-refractivity contribution < 1.29 is 0 Å². The first-order valence-corrected chi connectivity index (χ1v) is 4.93. The minimum Gasteiger partial charge on any atom is -0.370 e. The number of anilines is 1. The summed E-state index contributed by atoms with van der Waals surface area (Å²) in [7, 11) is 0. The summed E-state index contributed by atoms with van der Waals surface area (Å²) in [4.78, 5) is 8.11. The Morgan fingerprint density at radius 1 is 1.40 bits per heavy atom. The van der Waals surface area contributed by atoms with Crippen molar-refractivity contribution in [1.82, 2.24) is 20.2 Å². The van der Waals surface area contributed by atoms with Gasteiger partial charge in [-0.15, -0.1) is 0 Å². The fourth-order valence-electron chi connectivity index (χ4n) is 1.17. The van der Waals surface area contributed by atoms with Crippen LogP contribution in [0, 0.1) is 0 Å². The quantitative estimate of drug-likeness (QED) is 0.771. The summed E-state index contributed by atoms with van der Waals surface area (Å²) < 4.78 is 0. The van der Waals surface area contributed by atoms with Gasteiger partial charge in [0.25, 0.3) is 0 Å². The summed E-state index contributed by atoms with van der Waals surface area (Å²) in [6.07, 6.45) is 2.27. The van der Waals surface area contributed by atoms with Crippen LogP contribution < -0.4 is 5.32 Å². The average molecular weight is 224 g/mol. The Bertz CT molecular complexity index is 414. The predicted octanol–water partition coefficient (Wildman–Crippen LogP) is 1.51. The molecule has 0 unspecified atom stereocenters. The number of nitrogens with one attached hydrogen (secondary N) is 2. The van der Waals surface area contributed by atoms with E-state index in [9.17, 15) is 0 Å². The molecule has 2 N–H and O–H groups in total. The van der Waals surface area contributed by atoms with Crippen molar-refractivity contribution >= 4 is 17.4 Å². The van der Waals surface area contributed by atoms with Crippen LogP contribution in [-0.2, 0) is 6.42 Å². The van der Waals surface area contributed by atoms with Gasteiger partial charge in [0, 0.05) is 13.0 Å². The van der Waals surface area contributed by atoms with E-state index in [4.69, 9.17) is 11.6 Å². The maximum atomic E-state index is 5.74. The molecular weight excluding hydrogens is 214 g/mol. The molecule has 0 bridgehead atoms. The van der Waals surface area contributed by atoms with E-state index in [1.807, 2.05) is 12.1 Å². The molecule has 0 aliphatic heterocycles. The van der Waals surface area contributed by atoms with E-state index >= 15 is 0 Å². The lowest BCUT2D eigenvalue weighted by molar-refractivity contribution is 0.897. The van der Waals surface area contributed by atoms with Crippen LogP contribution >= 0.6 is 11.6 Å². The molecule has 2 heterocycles. The van der Waals surface area contributed by atoms with Crippen molar-refractivity contribution in [3.8, 4) is 0 Å². The van der Waals surface area contributed by atoms with Crippen LogP contribution in [0.25, 0.3) is 0 Å². The van der Waals surface area contributed by atoms with Crippen LogP contribution in [0.3, 0.4) is 0 Å². The summed E-state index contributed by atoms with van der Waals surface area (Å²) in [5.41, 5.74) is 0. The molecule has 15 heavy (non-hydrogen) atoms. The van der Waals surface area contributed by atoms with Crippen LogP contribution in [0.1, 0.15) is 5.82 Å². The number of hydrogen-bond donors (Lipinski definition) is 2. The summed E-state index contributed by atoms with van der Waals surface area (Å²) in [5.74, 6) is 1.62. The number of rotatable bonds is 4. The molecule has 0 atom stereocenters. The van der Waals surface area contributed by atoms with E-state index in [0.29, 0.717) is 5.15 Å². The fourth-order valence-corrected chi connectivity index (χ4v) is 1.33. The van der Waals surface area contributed by atoms with Crippen molar-refractivity contribution in [2.24, 2.45) is 0 Å². The maximum absolute atomic E-state index is 5.74. The predicted molar refractivity (Wildman–Crippen MR) is 57.8 cm³/mol. The lowest BCUT2D eigenvalue weighted by Gasteiger charge is -2.03. The average Bonchev–Trinajstić information content (AvgIpc) is 2.71. The lowest BCUT2D eigenvalue weighted by Crippen LogP contribution is -2.07. The maximum Gasteiger partial charge on any atom is 0.137 e. The summed E-state index contributed by atoms with van der Waals surface area (Å²) in [5, 5.41) is 10.2. The molecule has 6 heteroatoms. The fraction of sp³-hybridized carbons (Fsp3) is 0.222. The Hall–Kier alpha value is -1.62. The largest absolute Gasteiger partial charge is 0.370 e. The Morgan fingerprint density at radius 3 is 3.07 bits per heavy atom. The number of hydrogen-bond acceptors (Lipinski definition) is 4. The molecular formula is C9H10ClN5. The first kappa shape index (κ1) is 9.92. The smallest absolute Gasteiger partial charge is 0.137 e. The molecule has 0 spiro atoms. The third-order valence-corrected chi connectivity index (χ3v) is 2.06. The Balaban J connectivity index is 1.83. The van der Waals surface area contributed by atoms with Gasteiger partial charge < -0.3 is 5.32 Å². The van der Waals surface area contributed by atoms with Crippen molar-refractivity contribution in [3.63, 3.8) is 0 Å². The first-order valence-electron chi connectivity index (χ1n) is 4.55. The molecule has 0 aliphatic carbocycles. The van der Waals surface area contributed by atoms with Gasteiger partial charge in [-0.2, -0.15) is 5.10 Å². The van der Waals surface area contributed by atoms with Crippen LogP contribution in [0.4, 0.5) is 5.82 Å². The molecule has 0 saturated carbocycles. The van der Waals surface area contributed by atoms with Gasteiger partial charge in [-0.05, 0) is 12.1 Å². The van der Waals surface area contributed by atoms with E-state index in [2.05, 4.69) is 25.5 Å². The minimum atomic E-state index is 0.486. The monoisotopic (exact) mass is 223 g/mol. The van der Waals surface area contributed by atoms with Gasteiger partial charge in [0.05, 0.1) is 0 Å². The normalized spacial score (nSPS) is 10.2. The van der Waals surface area contributed by atoms with Crippen LogP contribution in [0.5, 0.6) is 0 Å². The second kappa shape index (κ2) is 4.75. The first-order chi connectivity index (χ1) is 7.34. The molecule has 5 nitrogen and oxygen atoms in total. The highest BCUT2D eigenvalue weighted by molar-refractivity contribution is 6.29. The third-order valence-electron chi connectivity index (χ3n) is 1.85. The highest BCUT2D eigenvalue weighted by Gasteiger charge is 1.97. The van der Waals surface area contributed by atoms with E-state index in [-0.39, 0.29) is 0 Å². The zero-order chi connectivity index (χ0) is 10.5. The highest BCUT2D eigenvalue weighted by atomic mass is 35.5.